The fourth-order valence-electron chi connectivity index (χ4n) is 9.62. The number of carbonyl (C=O) groups excluding carboxylic acids is 2. The van der Waals surface area contributed by atoms with E-state index in [-0.39, 0.29) is 11.3 Å². The maximum Gasteiger partial charge on any atom is 0.316 e. The molecule has 0 spiro atoms. The van der Waals surface area contributed by atoms with Crippen LogP contribution in [0.4, 0.5) is 22.1 Å². The average molecular weight is 1070 g/mol. The second-order valence-electron chi connectivity index (χ2n) is 18.9. The Morgan fingerprint density at radius 3 is 1.42 bits per heavy atom. The molecular weight excluding hydrogens is 1010 g/mol. The summed E-state index contributed by atoms with van der Waals surface area (Å²) in [5.74, 6) is 1.77. The highest BCUT2D eigenvalue weighted by Crippen LogP contribution is 2.38. The minimum Gasteiger partial charge on any atom is -0.399 e. The van der Waals surface area contributed by atoms with Crippen molar-refractivity contribution in [3.05, 3.63) is 223 Å². The van der Waals surface area contributed by atoms with Gasteiger partial charge in [0.2, 0.25) is 5.91 Å². The Morgan fingerprint density at radius 1 is 0.494 bits per heavy atom. The van der Waals surface area contributed by atoms with Crippen molar-refractivity contribution in [1.29, 1.82) is 0 Å². The van der Waals surface area contributed by atoms with Gasteiger partial charge in [0, 0.05) is 66.2 Å². The number of nitrogens with one attached hydrogen (secondary N) is 2. The van der Waals surface area contributed by atoms with Gasteiger partial charge in [-0.25, -0.2) is 9.97 Å². The van der Waals surface area contributed by atoms with Gasteiger partial charge < -0.3 is 35.6 Å². The molecule has 0 unspecified atom stereocenters. The van der Waals surface area contributed by atoms with Gasteiger partial charge in [0.25, 0.3) is 0 Å². The zero-order valence-corrected chi connectivity index (χ0v) is 44.4. The fourth-order valence-corrected chi connectivity index (χ4v) is 9.79. The summed E-state index contributed by atoms with van der Waals surface area (Å²) in [4.78, 5) is 45.8. The van der Waals surface area contributed by atoms with Crippen LogP contribution in [0, 0.1) is 0 Å². The van der Waals surface area contributed by atoms with Crippen molar-refractivity contribution in [2.24, 2.45) is 0 Å². The van der Waals surface area contributed by atoms with Crippen LogP contribution in [0.2, 0.25) is 0 Å². The summed E-state index contributed by atoms with van der Waals surface area (Å²) >= 11 is 5.19. The third-order valence-corrected chi connectivity index (χ3v) is 13.8. The predicted octanol–water partition coefficient (Wildman–Crippen LogP) is 12.8. The topological polar surface area (TPSA) is 161 Å². The first-order chi connectivity index (χ1) is 38.8. The third-order valence-electron chi connectivity index (χ3n) is 13.6. The van der Waals surface area contributed by atoms with Crippen LogP contribution in [-0.2, 0) is 33.8 Å². The number of fused-ring (bicyclic) bond motifs is 2. The Morgan fingerprint density at radius 2 is 0.949 bits per heavy atom. The lowest BCUT2D eigenvalue weighted by Crippen LogP contribution is -2.41. The average Bonchev–Trinajstić information content (AvgIpc) is 3.56. The second-order valence-corrected chi connectivity index (χ2v) is 19.3. The van der Waals surface area contributed by atoms with Gasteiger partial charge in [-0.15, -0.1) is 0 Å². The molecule has 4 aromatic heterocycles. The molecule has 2 fully saturated rings. The lowest BCUT2D eigenvalue weighted by Gasteiger charge is -2.27. The minimum atomic E-state index is -0.377. The number of aromatic nitrogens is 4. The molecule has 0 bridgehead atoms. The van der Waals surface area contributed by atoms with Crippen LogP contribution in [0.25, 0.3) is 66.3 Å². The number of nitrogen functional groups attached to an aromatic ring is 1. The molecule has 0 saturated carbocycles. The molecule has 79 heavy (non-hydrogen) atoms. The zero-order valence-electron chi connectivity index (χ0n) is 43.7. The van der Waals surface area contributed by atoms with E-state index in [1.165, 1.54) is 0 Å². The van der Waals surface area contributed by atoms with Gasteiger partial charge >= 0.3 is 5.37 Å². The molecule has 6 heterocycles. The molecule has 14 heteroatoms. The number of carbonyl (C=O) groups is 2. The highest BCUT2D eigenvalue weighted by molar-refractivity contribution is 6.62. The molecular formula is C65H60ClN9O4. The van der Waals surface area contributed by atoms with Crippen LogP contribution in [0.15, 0.2) is 207 Å². The number of amides is 2. The molecule has 396 valence electrons. The number of rotatable bonds is 12. The second kappa shape index (κ2) is 26.4. The van der Waals surface area contributed by atoms with E-state index in [1.807, 2.05) is 89.8 Å². The molecule has 2 aliphatic rings. The van der Waals surface area contributed by atoms with Crippen LogP contribution in [0.3, 0.4) is 0 Å². The standard InChI is InChI=1S/C33H30N4O2.C27H22N4.C5H8ClNO2/c38-31(37-16-18-39-19-17-37)21-24-8-6-11-26(20-24)30-22-27-12-7-14-29(25-9-2-1-3-10-25)32(27)33(36-30)35-23-28-13-4-5-15-34-28;28-22-12-6-10-20(16-22)25-17-21-11-7-14-24(19-8-2-1-3-9-19)26(21)27(31-25)30-18-23-13-4-5-15-29-23;6-5(8)7-1-3-9-4-2-7/h1-15,20,22H,16-19,21,23H2,(H,35,36);1-17H,18,28H2,(H,30,31);1-4H2. The van der Waals surface area contributed by atoms with Crippen molar-refractivity contribution in [3.8, 4) is 44.8 Å². The quantitative estimate of drug-likeness (QED) is 0.0607. The van der Waals surface area contributed by atoms with Crippen LogP contribution in [0.5, 0.6) is 0 Å². The molecule has 12 rings (SSSR count). The number of benzene rings is 6. The van der Waals surface area contributed by atoms with Crippen LogP contribution in [0.1, 0.15) is 17.0 Å². The van der Waals surface area contributed by atoms with Crippen molar-refractivity contribution in [2.45, 2.75) is 19.5 Å². The normalized spacial score (nSPS) is 13.1. The summed E-state index contributed by atoms with van der Waals surface area (Å²) in [6, 6.07) is 65.6. The van der Waals surface area contributed by atoms with Gasteiger partial charge in [0.1, 0.15) is 11.6 Å². The van der Waals surface area contributed by atoms with Crippen molar-refractivity contribution in [1.82, 2.24) is 29.7 Å². The van der Waals surface area contributed by atoms with Crippen molar-refractivity contribution < 1.29 is 19.1 Å². The number of anilines is 3. The van der Waals surface area contributed by atoms with Crippen molar-refractivity contribution >= 4 is 61.7 Å². The first-order valence-corrected chi connectivity index (χ1v) is 26.8. The summed E-state index contributed by atoms with van der Waals surface area (Å²) in [5, 5.41) is 11.1. The molecule has 10 aromatic rings. The predicted molar refractivity (Wildman–Crippen MR) is 318 cm³/mol. The Balaban J connectivity index is 0.000000157. The summed E-state index contributed by atoms with van der Waals surface area (Å²) < 4.78 is 10.4. The van der Waals surface area contributed by atoms with E-state index in [9.17, 15) is 9.59 Å². The molecule has 0 aliphatic carbocycles. The van der Waals surface area contributed by atoms with Gasteiger partial charge in [0.15, 0.2) is 0 Å². The summed E-state index contributed by atoms with van der Waals surface area (Å²) in [5.41, 5.74) is 17.9. The molecule has 13 nitrogen and oxygen atoms in total. The molecule has 0 atom stereocenters. The summed E-state index contributed by atoms with van der Waals surface area (Å²) in [7, 11) is 0. The fraction of sp³-hybridized carbons (Fsp3) is 0.169. The van der Waals surface area contributed by atoms with Gasteiger partial charge in [-0.1, -0.05) is 140 Å². The van der Waals surface area contributed by atoms with E-state index in [1.54, 1.807) is 17.3 Å². The van der Waals surface area contributed by atoms with E-state index >= 15 is 0 Å². The number of hydrogen-bond donors (Lipinski definition) is 3. The van der Waals surface area contributed by atoms with E-state index in [0.717, 1.165) is 101 Å². The van der Waals surface area contributed by atoms with Crippen LogP contribution >= 0.6 is 11.6 Å². The lowest BCUT2D eigenvalue weighted by atomic mass is 9.97. The summed E-state index contributed by atoms with van der Waals surface area (Å²) in [6.07, 6.45) is 3.98. The van der Waals surface area contributed by atoms with Crippen LogP contribution in [-0.4, -0.2) is 93.6 Å². The van der Waals surface area contributed by atoms with Gasteiger partial charge in [0.05, 0.1) is 68.7 Å². The van der Waals surface area contributed by atoms with E-state index in [4.69, 9.17) is 36.8 Å². The van der Waals surface area contributed by atoms with Gasteiger partial charge in [-0.3, -0.25) is 19.6 Å². The Bertz CT molecular complexity index is 3640. The Labute approximate surface area is 465 Å². The monoisotopic (exact) mass is 1070 g/mol. The number of ether oxygens (including phenoxy) is 2. The molecule has 2 amide bonds. The minimum absolute atomic E-state index is 0.132. The number of pyridine rings is 4. The summed E-state index contributed by atoms with van der Waals surface area (Å²) in [6.45, 7) is 6.13. The molecule has 0 radical (unpaired) electrons. The van der Waals surface area contributed by atoms with E-state index in [2.05, 4.69) is 130 Å². The maximum absolute atomic E-state index is 12.9. The molecule has 4 N–H and O–H groups in total. The zero-order chi connectivity index (χ0) is 54.2. The first kappa shape index (κ1) is 53.4. The first-order valence-electron chi connectivity index (χ1n) is 26.4. The SMILES string of the molecule is Nc1cccc(-c2cc3cccc(-c4ccccc4)c3c(NCc3ccccn3)n2)c1.O=C(Cc1cccc(-c2cc3cccc(-c4ccccc4)c3c(NCc3ccccn3)n2)c1)N1CCOCC1.O=C(Cl)N1CCOCC1. The Kier molecular flexibility index (Phi) is 17.8. The van der Waals surface area contributed by atoms with E-state index in [0.29, 0.717) is 72.1 Å². The number of morpholine rings is 2. The maximum atomic E-state index is 12.9. The molecule has 2 aliphatic heterocycles. The van der Waals surface area contributed by atoms with Gasteiger partial charge in [-0.2, -0.15) is 0 Å². The Hall–Kier alpha value is -9.01. The van der Waals surface area contributed by atoms with Crippen LogP contribution < -0.4 is 16.4 Å². The number of nitrogens with zero attached hydrogens (tertiary/aromatic N) is 6. The number of nitrogens with two attached hydrogens (primary N) is 1. The number of halogens is 1. The molecule has 6 aromatic carbocycles. The highest BCUT2D eigenvalue weighted by Gasteiger charge is 2.19. The van der Waals surface area contributed by atoms with E-state index < -0.39 is 0 Å². The highest BCUT2D eigenvalue weighted by atomic mass is 35.5. The van der Waals surface area contributed by atoms with Crippen molar-refractivity contribution in [2.75, 3.05) is 69.0 Å². The smallest absolute Gasteiger partial charge is 0.316 e. The van der Waals surface area contributed by atoms with Crippen molar-refractivity contribution in [3.63, 3.8) is 0 Å². The largest absolute Gasteiger partial charge is 0.399 e. The lowest BCUT2D eigenvalue weighted by molar-refractivity contribution is -0.134. The molecule has 2 saturated heterocycles. The third kappa shape index (κ3) is 13.9. The van der Waals surface area contributed by atoms with Gasteiger partial charge in [-0.05, 0) is 105 Å². The number of hydrogen-bond acceptors (Lipinski definition) is 11.